The van der Waals surface area contributed by atoms with E-state index in [9.17, 15) is 9.59 Å². The van der Waals surface area contributed by atoms with Gasteiger partial charge in [0, 0.05) is 20.2 Å². The van der Waals surface area contributed by atoms with Crippen molar-refractivity contribution in [3.05, 3.63) is 0 Å². The van der Waals surface area contributed by atoms with Gasteiger partial charge in [0.15, 0.2) is 0 Å². The molecule has 1 aliphatic rings. The highest BCUT2D eigenvalue weighted by Crippen LogP contribution is 2.14. The number of methoxy groups -OCH3 is 1. The number of aliphatic carboxylic acids is 1. The fourth-order valence-corrected chi connectivity index (χ4v) is 1.79. The van der Waals surface area contributed by atoms with Crippen molar-refractivity contribution in [1.82, 2.24) is 4.90 Å². The second kappa shape index (κ2) is 6.56. The van der Waals surface area contributed by atoms with E-state index in [0.717, 1.165) is 0 Å². The summed E-state index contributed by atoms with van der Waals surface area (Å²) in [7, 11) is 1.51. The number of hydrogen-bond acceptors (Lipinski definition) is 4. The Morgan fingerprint density at radius 1 is 1.41 bits per heavy atom. The Balaban J connectivity index is 2.30. The van der Waals surface area contributed by atoms with Gasteiger partial charge in [0.25, 0.3) is 5.91 Å². The maximum atomic E-state index is 11.8. The first-order valence-electron chi connectivity index (χ1n) is 5.69. The number of carbonyl (C=O) groups is 2. The molecule has 0 aliphatic carbocycles. The molecule has 98 valence electrons. The molecule has 0 bridgehead atoms. The summed E-state index contributed by atoms with van der Waals surface area (Å²) in [6.45, 7) is 2.63. The van der Waals surface area contributed by atoms with Crippen molar-refractivity contribution >= 4 is 11.9 Å². The van der Waals surface area contributed by atoms with Crippen molar-refractivity contribution < 1.29 is 24.2 Å². The number of rotatable bonds is 5. The van der Waals surface area contributed by atoms with Gasteiger partial charge in [0.05, 0.1) is 6.10 Å². The first kappa shape index (κ1) is 13.9. The Kier molecular flexibility index (Phi) is 5.37. The van der Waals surface area contributed by atoms with Crippen LogP contribution in [0.15, 0.2) is 0 Å². The van der Waals surface area contributed by atoms with Gasteiger partial charge in [-0.1, -0.05) is 0 Å². The fraction of sp³-hybridized carbons (Fsp3) is 0.818. The van der Waals surface area contributed by atoms with Crippen molar-refractivity contribution in [3.8, 4) is 0 Å². The molecule has 0 spiro atoms. The van der Waals surface area contributed by atoms with Crippen LogP contribution in [0.1, 0.15) is 19.8 Å². The lowest BCUT2D eigenvalue weighted by Crippen LogP contribution is -2.45. The molecule has 0 radical (unpaired) electrons. The predicted molar refractivity (Wildman–Crippen MR) is 59.7 cm³/mol. The van der Waals surface area contributed by atoms with Crippen molar-refractivity contribution in [1.29, 1.82) is 0 Å². The molecular weight excluding hydrogens is 226 g/mol. The largest absolute Gasteiger partial charge is 0.480 e. The summed E-state index contributed by atoms with van der Waals surface area (Å²) in [4.78, 5) is 23.8. The van der Waals surface area contributed by atoms with Gasteiger partial charge in [0.1, 0.15) is 12.7 Å². The quantitative estimate of drug-likeness (QED) is 0.744. The van der Waals surface area contributed by atoms with E-state index in [0.29, 0.717) is 25.9 Å². The molecule has 0 aromatic rings. The number of likely N-dealkylation sites (tertiary alicyclic amines) is 1. The highest BCUT2D eigenvalue weighted by Gasteiger charge is 2.26. The summed E-state index contributed by atoms with van der Waals surface area (Å²) in [6, 6.07) is 0. The van der Waals surface area contributed by atoms with E-state index in [-0.39, 0.29) is 18.6 Å². The number of carboxylic acids is 1. The Morgan fingerprint density at radius 3 is 2.47 bits per heavy atom. The first-order chi connectivity index (χ1) is 8.04. The molecule has 17 heavy (non-hydrogen) atoms. The topological polar surface area (TPSA) is 76.1 Å². The second-order valence-electron chi connectivity index (χ2n) is 4.11. The zero-order valence-electron chi connectivity index (χ0n) is 10.2. The van der Waals surface area contributed by atoms with E-state index in [1.165, 1.54) is 7.11 Å². The molecule has 1 fully saturated rings. The minimum absolute atomic E-state index is 0.0239. The van der Waals surface area contributed by atoms with Gasteiger partial charge in [0.2, 0.25) is 0 Å². The van der Waals surface area contributed by atoms with Crippen LogP contribution >= 0.6 is 0 Å². The van der Waals surface area contributed by atoms with E-state index >= 15 is 0 Å². The molecule has 6 heteroatoms. The Morgan fingerprint density at radius 2 is 2.00 bits per heavy atom. The lowest BCUT2D eigenvalue weighted by atomic mass is 10.1. The average molecular weight is 245 g/mol. The highest BCUT2D eigenvalue weighted by molar-refractivity contribution is 5.80. The standard InChI is InChI=1S/C11H19NO5/c1-8(16-2)11(15)12-5-3-9(4-6-12)17-7-10(13)14/h8-9H,3-7H2,1-2H3,(H,13,14). The van der Waals surface area contributed by atoms with Crippen LogP contribution in [0.25, 0.3) is 0 Å². The second-order valence-corrected chi connectivity index (χ2v) is 4.11. The number of ether oxygens (including phenoxy) is 2. The van der Waals surface area contributed by atoms with E-state index in [1.54, 1.807) is 11.8 Å². The van der Waals surface area contributed by atoms with Crippen LogP contribution < -0.4 is 0 Å². The van der Waals surface area contributed by atoms with Gasteiger partial charge in [-0.2, -0.15) is 0 Å². The van der Waals surface area contributed by atoms with Gasteiger partial charge in [-0.05, 0) is 19.8 Å². The molecule has 0 aromatic carbocycles. The van der Waals surface area contributed by atoms with E-state index in [4.69, 9.17) is 14.6 Å². The first-order valence-corrected chi connectivity index (χ1v) is 5.69. The third kappa shape index (κ3) is 4.32. The minimum Gasteiger partial charge on any atom is -0.480 e. The van der Waals surface area contributed by atoms with Gasteiger partial charge in [-0.3, -0.25) is 4.79 Å². The number of hydrogen-bond donors (Lipinski definition) is 1. The third-order valence-electron chi connectivity index (χ3n) is 2.90. The van der Waals surface area contributed by atoms with E-state index in [2.05, 4.69) is 0 Å². The molecule has 1 atom stereocenters. The number of nitrogens with zero attached hydrogens (tertiary/aromatic N) is 1. The SMILES string of the molecule is COC(C)C(=O)N1CCC(OCC(=O)O)CC1. The van der Waals surface area contributed by atoms with Crippen LogP contribution in [0.4, 0.5) is 0 Å². The van der Waals surface area contributed by atoms with Crippen LogP contribution in [-0.2, 0) is 19.1 Å². The van der Waals surface area contributed by atoms with Crippen LogP contribution in [0.5, 0.6) is 0 Å². The summed E-state index contributed by atoms with van der Waals surface area (Å²) >= 11 is 0. The molecule has 1 amide bonds. The van der Waals surface area contributed by atoms with Crippen LogP contribution in [0, 0.1) is 0 Å². The molecule has 1 heterocycles. The smallest absolute Gasteiger partial charge is 0.329 e. The van der Waals surface area contributed by atoms with E-state index < -0.39 is 12.1 Å². The lowest BCUT2D eigenvalue weighted by Gasteiger charge is -2.32. The van der Waals surface area contributed by atoms with Crippen molar-refractivity contribution in [2.24, 2.45) is 0 Å². The fourth-order valence-electron chi connectivity index (χ4n) is 1.79. The highest BCUT2D eigenvalue weighted by atomic mass is 16.5. The molecule has 1 aliphatic heterocycles. The summed E-state index contributed by atoms with van der Waals surface area (Å²) in [5.74, 6) is -0.985. The summed E-state index contributed by atoms with van der Waals surface area (Å²) in [6.07, 6.45) is 0.866. The molecule has 0 aromatic heterocycles. The zero-order valence-corrected chi connectivity index (χ0v) is 10.2. The molecule has 1 saturated heterocycles. The molecule has 1 N–H and O–H groups in total. The van der Waals surface area contributed by atoms with E-state index in [1.807, 2.05) is 0 Å². The summed E-state index contributed by atoms with van der Waals surface area (Å²) < 4.78 is 10.2. The third-order valence-corrected chi connectivity index (χ3v) is 2.90. The van der Waals surface area contributed by atoms with Gasteiger partial charge in [-0.25, -0.2) is 4.79 Å². The van der Waals surface area contributed by atoms with Crippen molar-refractivity contribution in [2.75, 3.05) is 26.8 Å². The molecule has 0 saturated carbocycles. The monoisotopic (exact) mass is 245 g/mol. The lowest BCUT2D eigenvalue weighted by molar-refractivity contribution is -0.149. The Labute approximate surface area is 100 Å². The predicted octanol–water partition coefficient (Wildman–Crippen LogP) is 0.114. The van der Waals surface area contributed by atoms with Crippen LogP contribution in [-0.4, -0.2) is 60.9 Å². The number of amides is 1. The number of carbonyl (C=O) groups excluding carboxylic acids is 1. The Bertz CT molecular complexity index is 273. The molecule has 1 unspecified atom stereocenters. The normalized spacial score (nSPS) is 19.1. The van der Waals surface area contributed by atoms with Gasteiger partial charge < -0.3 is 19.5 Å². The maximum absolute atomic E-state index is 11.8. The zero-order chi connectivity index (χ0) is 12.8. The molecule has 1 rings (SSSR count). The van der Waals surface area contributed by atoms with Crippen LogP contribution in [0.3, 0.4) is 0 Å². The van der Waals surface area contributed by atoms with Gasteiger partial charge in [-0.15, -0.1) is 0 Å². The average Bonchev–Trinajstić information content (AvgIpc) is 2.35. The van der Waals surface area contributed by atoms with Gasteiger partial charge >= 0.3 is 5.97 Å². The number of carboxylic acid groups (broad SMARTS) is 1. The van der Waals surface area contributed by atoms with Crippen LogP contribution in [0.2, 0.25) is 0 Å². The Hall–Kier alpha value is -1.14. The summed E-state index contributed by atoms with van der Waals surface area (Å²) in [5.41, 5.74) is 0. The number of piperidine rings is 1. The molecular formula is C11H19NO5. The van der Waals surface area contributed by atoms with Crippen molar-refractivity contribution in [2.45, 2.75) is 32.0 Å². The van der Waals surface area contributed by atoms with Crippen molar-refractivity contribution in [3.63, 3.8) is 0 Å². The molecule has 6 nitrogen and oxygen atoms in total. The minimum atomic E-state index is -0.962. The summed E-state index contributed by atoms with van der Waals surface area (Å²) in [5, 5.41) is 8.48. The maximum Gasteiger partial charge on any atom is 0.329 e.